The number of hydrogen-bond donors (Lipinski definition) is 5. The number of primary amides is 1. The number of para-hydroxylation sites is 1. The first kappa shape index (κ1) is 44.6. The fourth-order valence-electron chi connectivity index (χ4n) is 8.65. The van der Waals surface area contributed by atoms with Gasteiger partial charge in [0.05, 0.1) is 29.7 Å². The largest absolute Gasteiger partial charge is 0.445 e. The molecule has 0 spiro atoms. The molecule has 326 valence electrons. The molecule has 2 aromatic carbocycles. The fourth-order valence-corrected chi connectivity index (χ4v) is 8.65. The van der Waals surface area contributed by atoms with Crippen LogP contribution in [0.3, 0.4) is 0 Å². The molecule has 3 heterocycles. The lowest BCUT2D eigenvalue weighted by Crippen LogP contribution is -2.53. The lowest BCUT2D eigenvalue weighted by Gasteiger charge is -2.32. The predicted octanol–water partition coefficient (Wildman–Crippen LogP) is 5.01. The number of nitrogens with one attached hydrogen (secondary N) is 3. The minimum absolute atomic E-state index is 0.0461. The number of carbonyl (C=O) groups is 6. The summed E-state index contributed by atoms with van der Waals surface area (Å²) >= 11 is 0. The second-order valence-corrected chi connectivity index (χ2v) is 17.0. The Morgan fingerprint density at radius 1 is 0.984 bits per heavy atom. The summed E-state index contributed by atoms with van der Waals surface area (Å²) in [6, 6.07) is 15.7. The van der Waals surface area contributed by atoms with E-state index in [0.29, 0.717) is 30.7 Å². The zero-order valence-electron chi connectivity index (χ0n) is 35.0. The number of rotatable bonds is 20. The third-order valence-electron chi connectivity index (χ3n) is 11.9. The van der Waals surface area contributed by atoms with Crippen LogP contribution in [0.1, 0.15) is 119 Å². The first-order chi connectivity index (χ1) is 29.3. The van der Waals surface area contributed by atoms with Crippen LogP contribution < -0.4 is 16.4 Å². The summed E-state index contributed by atoms with van der Waals surface area (Å²) in [5.41, 5.74) is 6.65. The monoisotopic (exact) mass is 838 g/mol. The van der Waals surface area contributed by atoms with Crippen molar-refractivity contribution >= 4 is 46.3 Å². The number of nitrogens with two attached hydrogens (primary N) is 1. The summed E-state index contributed by atoms with van der Waals surface area (Å²) in [5.74, 6) is -3.54. The molecule has 6 N–H and O–H groups in total. The van der Waals surface area contributed by atoms with Gasteiger partial charge in [-0.15, -0.1) is 5.10 Å². The molecule has 0 radical (unpaired) electrons. The summed E-state index contributed by atoms with van der Waals surface area (Å²) in [5, 5.41) is 25.5. The number of alkyl carbamates (subject to hydrolysis) is 1. The maximum atomic E-state index is 14.9. The molecule has 1 saturated carbocycles. The Balaban J connectivity index is 1.17. The normalized spacial score (nSPS) is 18.0. The number of aliphatic hydroxyl groups is 1. The van der Waals surface area contributed by atoms with Crippen LogP contribution in [0.5, 0.6) is 0 Å². The number of Topliss-reactive ketones (excluding diaryl/α,β-unsaturated/α-hetero) is 2. The van der Waals surface area contributed by atoms with Gasteiger partial charge in [-0.3, -0.25) is 24.0 Å². The SMILES string of the molecule is CC(C)(O)c1cnnn1[C@H]1C[C@@H](C(=O)NC(CCCCNC(=O)OCc2ccccc2)C(=O)C(N)=O)N(C(=O)[C@H](CCC(=O)c2cc3ccccc3[nH]2)CC2CCCCC2)C1. The Kier molecular flexibility index (Phi) is 15.1. The molecule has 6 rings (SSSR count). The molecule has 4 amide bonds. The molecule has 2 aliphatic rings. The van der Waals surface area contributed by atoms with Gasteiger partial charge in [0.1, 0.15) is 18.2 Å². The predicted molar refractivity (Wildman–Crippen MR) is 226 cm³/mol. The number of aromatic amines is 1. The minimum Gasteiger partial charge on any atom is -0.445 e. The van der Waals surface area contributed by atoms with E-state index in [1.54, 1.807) is 13.8 Å². The average Bonchev–Trinajstić information content (AvgIpc) is 4.03. The van der Waals surface area contributed by atoms with Gasteiger partial charge in [0, 0.05) is 42.8 Å². The molecule has 2 aromatic heterocycles. The van der Waals surface area contributed by atoms with E-state index in [9.17, 15) is 33.9 Å². The second-order valence-electron chi connectivity index (χ2n) is 17.0. The molecule has 1 aliphatic heterocycles. The van der Waals surface area contributed by atoms with Crippen molar-refractivity contribution in [1.29, 1.82) is 0 Å². The van der Waals surface area contributed by atoms with Crippen molar-refractivity contribution in [3.05, 3.63) is 83.8 Å². The number of hydrogen-bond acceptors (Lipinski definition) is 10. The highest BCUT2D eigenvalue weighted by Crippen LogP contribution is 2.36. The van der Waals surface area contributed by atoms with E-state index in [-0.39, 0.29) is 63.0 Å². The lowest BCUT2D eigenvalue weighted by molar-refractivity contribution is -0.143. The summed E-state index contributed by atoms with van der Waals surface area (Å²) < 4.78 is 6.78. The van der Waals surface area contributed by atoms with Gasteiger partial charge in [-0.2, -0.15) is 0 Å². The van der Waals surface area contributed by atoms with Crippen LogP contribution in [0.25, 0.3) is 10.9 Å². The van der Waals surface area contributed by atoms with Gasteiger partial charge in [-0.1, -0.05) is 85.8 Å². The maximum absolute atomic E-state index is 14.9. The summed E-state index contributed by atoms with van der Waals surface area (Å²) in [7, 11) is 0. The van der Waals surface area contributed by atoms with Gasteiger partial charge in [-0.25, -0.2) is 9.48 Å². The summed E-state index contributed by atoms with van der Waals surface area (Å²) in [6.07, 6.45) is 7.86. The number of benzene rings is 2. The molecule has 0 bridgehead atoms. The average molecular weight is 839 g/mol. The van der Waals surface area contributed by atoms with Gasteiger partial charge < -0.3 is 36.1 Å². The topological polar surface area (TPSA) is 232 Å². The van der Waals surface area contributed by atoms with Gasteiger partial charge >= 0.3 is 6.09 Å². The number of unbranched alkanes of at least 4 members (excludes halogenated alkanes) is 1. The number of nitrogens with zero attached hydrogens (tertiary/aromatic N) is 4. The molecule has 1 unspecified atom stereocenters. The number of aromatic nitrogens is 4. The highest BCUT2D eigenvalue weighted by atomic mass is 16.5. The van der Waals surface area contributed by atoms with E-state index in [4.69, 9.17) is 10.5 Å². The fraction of sp³-hybridized carbons (Fsp3) is 0.511. The van der Waals surface area contributed by atoms with Gasteiger partial charge in [0.2, 0.25) is 17.6 Å². The number of amides is 4. The van der Waals surface area contributed by atoms with Crippen molar-refractivity contribution in [2.75, 3.05) is 13.1 Å². The quantitative estimate of drug-likeness (QED) is 0.0454. The Bertz CT molecular complexity index is 2120. The highest BCUT2D eigenvalue weighted by molar-refractivity contribution is 6.37. The van der Waals surface area contributed by atoms with E-state index < -0.39 is 53.3 Å². The van der Waals surface area contributed by atoms with Crippen molar-refractivity contribution in [2.24, 2.45) is 17.6 Å². The first-order valence-corrected chi connectivity index (χ1v) is 21.4. The van der Waals surface area contributed by atoms with Crippen LogP contribution in [0.2, 0.25) is 0 Å². The Morgan fingerprint density at radius 3 is 2.44 bits per heavy atom. The van der Waals surface area contributed by atoms with E-state index in [1.165, 1.54) is 15.8 Å². The molecule has 16 nitrogen and oxygen atoms in total. The van der Waals surface area contributed by atoms with E-state index in [1.807, 2.05) is 60.7 Å². The number of carbonyl (C=O) groups excluding carboxylic acids is 6. The van der Waals surface area contributed by atoms with Crippen LogP contribution in [-0.2, 0) is 36.1 Å². The van der Waals surface area contributed by atoms with Crippen LogP contribution >= 0.6 is 0 Å². The maximum Gasteiger partial charge on any atom is 0.407 e. The van der Waals surface area contributed by atoms with Crippen molar-refractivity contribution in [3.63, 3.8) is 0 Å². The summed E-state index contributed by atoms with van der Waals surface area (Å²) in [4.78, 5) is 85.1. The number of H-pyrrole nitrogens is 1. The first-order valence-electron chi connectivity index (χ1n) is 21.4. The number of ether oxygens (including phenoxy) is 1. The third kappa shape index (κ3) is 11.9. The van der Waals surface area contributed by atoms with Crippen LogP contribution in [0.4, 0.5) is 4.79 Å². The molecule has 61 heavy (non-hydrogen) atoms. The van der Waals surface area contributed by atoms with Crippen molar-refractivity contribution in [3.8, 4) is 0 Å². The molecular formula is C45H58N8O8. The molecule has 4 atom stereocenters. The third-order valence-corrected chi connectivity index (χ3v) is 11.9. The second kappa shape index (κ2) is 20.6. The van der Waals surface area contributed by atoms with Crippen LogP contribution in [0.15, 0.2) is 66.9 Å². The van der Waals surface area contributed by atoms with Gasteiger partial charge in [-0.05, 0) is 69.6 Å². The zero-order chi connectivity index (χ0) is 43.5. The smallest absolute Gasteiger partial charge is 0.407 e. The summed E-state index contributed by atoms with van der Waals surface area (Å²) in [6.45, 7) is 3.57. The van der Waals surface area contributed by atoms with Gasteiger partial charge in [0.15, 0.2) is 5.78 Å². The van der Waals surface area contributed by atoms with Crippen LogP contribution in [-0.4, -0.2) is 90.5 Å². The Hall–Kier alpha value is -5.90. The van der Waals surface area contributed by atoms with Crippen molar-refractivity contribution in [1.82, 2.24) is 35.5 Å². The number of ketones is 2. The Labute approximate surface area is 355 Å². The molecule has 1 saturated heterocycles. The number of likely N-dealkylation sites (tertiary alicyclic amines) is 1. The molecule has 16 heteroatoms. The van der Waals surface area contributed by atoms with E-state index >= 15 is 0 Å². The number of fused-ring (bicyclic) bond motifs is 1. The van der Waals surface area contributed by atoms with Crippen LogP contribution in [0, 0.1) is 11.8 Å². The zero-order valence-corrected chi connectivity index (χ0v) is 35.0. The van der Waals surface area contributed by atoms with E-state index in [2.05, 4.69) is 25.9 Å². The standard InChI is InChI=1S/C45H58N8O8/c1-45(2,60)39-26-48-51-53(39)33-25-37(42(57)50-35(40(55)41(46)56)19-11-12-22-47-44(59)61-28-30-15-7-4-8-16-30)52(27-33)43(58)32(23-29-13-5-3-6-14-29)20-21-38(54)36-24-31-17-9-10-18-34(31)49-36/h4,7-10,15-18,24,26,29,32-33,35,37,49,60H,3,5-6,11-14,19-23,25,27-28H2,1-2H3,(H2,46,56)(H,47,59)(H,50,57)/t32-,33+,35?,37+/m1/s1. The highest BCUT2D eigenvalue weighted by Gasteiger charge is 2.45. The van der Waals surface area contributed by atoms with Crippen molar-refractivity contribution in [2.45, 2.75) is 121 Å². The molecule has 4 aromatic rings. The lowest BCUT2D eigenvalue weighted by atomic mass is 9.80. The molecule has 1 aliphatic carbocycles. The van der Waals surface area contributed by atoms with E-state index in [0.717, 1.165) is 48.6 Å². The minimum atomic E-state index is -1.34. The molecular weight excluding hydrogens is 781 g/mol. The van der Waals surface area contributed by atoms with Crippen molar-refractivity contribution < 1.29 is 38.6 Å². The Morgan fingerprint density at radius 2 is 1.72 bits per heavy atom. The molecule has 2 fully saturated rings. The van der Waals surface area contributed by atoms with Gasteiger partial charge in [0.25, 0.3) is 5.91 Å².